The van der Waals surface area contributed by atoms with Gasteiger partial charge in [0.15, 0.2) is 6.61 Å². The molecular weight excluding hydrogens is 268 g/mol. The molecule has 80 valence electrons. The number of hydrogen-bond donors (Lipinski definition) is 2. The second-order valence-corrected chi connectivity index (χ2v) is 3.54. The van der Waals surface area contributed by atoms with Gasteiger partial charge in [0, 0.05) is 4.47 Å². The molecule has 0 aliphatic carbocycles. The van der Waals surface area contributed by atoms with Crippen LogP contribution in [0.25, 0.3) is 0 Å². The highest BCUT2D eigenvalue weighted by molar-refractivity contribution is 9.10. The molecule has 1 rings (SSSR count). The van der Waals surface area contributed by atoms with Crippen molar-refractivity contribution in [3.63, 3.8) is 0 Å². The first-order valence-electron chi connectivity index (χ1n) is 3.88. The lowest BCUT2D eigenvalue weighted by atomic mass is 10.2. The number of halogens is 1. The van der Waals surface area contributed by atoms with Crippen molar-refractivity contribution in [3.8, 4) is 5.75 Å². The van der Waals surface area contributed by atoms with Crippen molar-refractivity contribution in [3.05, 3.63) is 28.2 Å². The zero-order valence-corrected chi connectivity index (χ0v) is 9.02. The van der Waals surface area contributed by atoms with Gasteiger partial charge < -0.3 is 14.9 Å². The van der Waals surface area contributed by atoms with Crippen LogP contribution in [0.5, 0.6) is 5.75 Å². The number of hydrogen-bond acceptors (Lipinski definition) is 3. The van der Waals surface area contributed by atoms with E-state index in [4.69, 9.17) is 14.9 Å². The maximum Gasteiger partial charge on any atom is 0.341 e. The van der Waals surface area contributed by atoms with Crippen molar-refractivity contribution < 1.29 is 24.5 Å². The molecule has 0 amide bonds. The van der Waals surface area contributed by atoms with Crippen LogP contribution in [0.3, 0.4) is 0 Å². The lowest BCUT2D eigenvalue weighted by Crippen LogP contribution is -2.11. The summed E-state index contributed by atoms with van der Waals surface area (Å²) in [5, 5.41) is 17.2. The maximum atomic E-state index is 10.7. The van der Waals surface area contributed by atoms with Crippen LogP contribution in [0.1, 0.15) is 10.4 Å². The first-order valence-corrected chi connectivity index (χ1v) is 4.67. The van der Waals surface area contributed by atoms with Gasteiger partial charge in [-0.15, -0.1) is 0 Å². The fourth-order valence-corrected chi connectivity index (χ4v) is 1.27. The second-order valence-electron chi connectivity index (χ2n) is 2.63. The van der Waals surface area contributed by atoms with Gasteiger partial charge in [0.1, 0.15) is 11.3 Å². The van der Waals surface area contributed by atoms with Gasteiger partial charge in [-0.2, -0.15) is 0 Å². The zero-order chi connectivity index (χ0) is 11.4. The molecule has 0 aliphatic heterocycles. The maximum absolute atomic E-state index is 10.7. The van der Waals surface area contributed by atoms with Gasteiger partial charge >= 0.3 is 11.9 Å². The van der Waals surface area contributed by atoms with Crippen LogP contribution in [0.15, 0.2) is 22.7 Å². The third kappa shape index (κ3) is 3.25. The Kier molecular flexibility index (Phi) is 3.68. The molecule has 0 saturated carbocycles. The molecular formula is C9H7BrO5. The van der Waals surface area contributed by atoms with Crippen LogP contribution in [0.2, 0.25) is 0 Å². The third-order valence-corrected chi connectivity index (χ3v) is 2.02. The Balaban J connectivity index is 2.96. The molecule has 0 aromatic heterocycles. The lowest BCUT2D eigenvalue weighted by Gasteiger charge is -2.06. The molecule has 0 spiro atoms. The molecule has 15 heavy (non-hydrogen) atoms. The van der Waals surface area contributed by atoms with E-state index < -0.39 is 18.5 Å². The van der Waals surface area contributed by atoms with Gasteiger partial charge in [-0.3, -0.25) is 0 Å². The summed E-state index contributed by atoms with van der Waals surface area (Å²) in [7, 11) is 0. The smallest absolute Gasteiger partial charge is 0.341 e. The van der Waals surface area contributed by atoms with Crippen LogP contribution in [0, 0.1) is 0 Å². The SMILES string of the molecule is O=C(O)COc1cc(Br)ccc1C(=O)O. The van der Waals surface area contributed by atoms with Gasteiger partial charge in [0.25, 0.3) is 0 Å². The summed E-state index contributed by atoms with van der Waals surface area (Å²) in [5.74, 6) is -2.30. The minimum Gasteiger partial charge on any atom is -0.481 e. The second kappa shape index (κ2) is 4.79. The van der Waals surface area contributed by atoms with Crippen LogP contribution < -0.4 is 4.74 Å². The van der Waals surface area contributed by atoms with Crippen molar-refractivity contribution >= 4 is 27.9 Å². The highest BCUT2D eigenvalue weighted by Crippen LogP contribution is 2.23. The molecule has 0 aliphatic rings. The highest BCUT2D eigenvalue weighted by atomic mass is 79.9. The number of carboxylic acids is 2. The van der Waals surface area contributed by atoms with E-state index in [-0.39, 0.29) is 11.3 Å². The summed E-state index contributed by atoms with van der Waals surface area (Å²) < 4.78 is 5.45. The van der Waals surface area contributed by atoms with Crippen LogP contribution >= 0.6 is 15.9 Å². The molecule has 0 bridgehead atoms. The van der Waals surface area contributed by atoms with Gasteiger partial charge in [0.05, 0.1) is 0 Å². The molecule has 0 atom stereocenters. The highest BCUT2D eigenvalue weighted by Gasteiger charge is 2.12. The minimum absolute atomic E-state index is 0.0271. The predicted molar refractivity (Wildman–Crippen MR) is 54.2 cm³/mol. The summed E-state index contributed by atoms with van der Waals surface area (Å²) in [6, 6.07) is 4.28. The summed E-state index contributed by atoms with van der Waals surface area (Å²) >= 11 is 3.13. The molecule has 6 heteroatoms. The summed E-state index contributed by atoms with van der Waals surface area (Å²) in [4.78, 5) is 21.0. The Morgan fingerprint density at radius 2 is 2.00 bits per heavy atom. The van der Waals surface area contributed by atoms with Crippen LogP contribution in [-0.2, 0) is 4.79 Å². The lowest BCUT2D eigenvalue weighted by molar-refractivity contribution is -0.139. The van der Waals surface area contributed by atoms with E-state index in [0.29, 0.717) is 4.47 Å². The Bertz CT molecular complexity index is 401. The average Bonchev–Trinajstić information content (AvgIpc) is 2.14. The monoisotopic (exact) mass is 274 g/mol. The summed E-state index contributed by atoms with van der Waals surface area (Å²) in [5.41, 5.74) is -0.0700. The molecule has 0 unspecified atom stereocenters. The molecule has 0 fully saturated rings. The van der Waals surface area contributed by atoms with Crippen molar-refractivity contribution in [1.82, 2.24) is 0 Å². The van der Waals surface area contributed by atoms with E-state index in [9.17, 15) is 9.59 Å². The Morgan fingerprint density at radius 1 is 1.33 bits per heavy atom. The van der Waals surface area contributed by atoms with E-state index in [1.807, 2.05) is 0 Å². The van der Waals surface area contributed by atoms with Gasteiger partial charge in [-0.25, -0.2) is 9.59 Å². The number of aliphatic carboxylic acids is 1. The van der Waals surface area contributed by atoms with Gasteiger partial charge in [0.2, 0.25) is 0 Å². The van der Waals surface area contributed by atoms with Crippen molar-refractivity contribution in [2.45, 2.75) is 0 Å². The van der Waals surface area contributed by atoms with Gasteiger partial charge in [-0.05, 0) is 18.2 Å². The molecule has 2 N–H and O–H groups in total. The first kappa shape index (κ1) is 11.5. The summed E-state index contributed by atoms with van der Waals surface area (Å²) in [6.07, 6.45) is 0. The number of aromatic carboxylic acids is 1. The fraction of sp³-hybridized carbons (Fsp3) is 0.111. The van der Waals surface area contributed by atoms with E-state index in [0.717, 1.165) is 0 Å². The van der Waals surface area contributed by atoms with Crippen molar-refractivity contribution in [1.29, 1.82) is 0 Å². The number of benzene rings is 1. The Hall–Kier alpha value is -1.56. The third-order valence-electron chi connectivity index (χ3n) is 1.53. The standard InChI is InChI=1S/C9H7BrO5/c10-5-1-2-6(9(13)14)7(3-5)15-4-8(11)12/h1-3H,4H2,(H,11,12)(H,13,14). The summed E-state index contributed by atoms with van der Waals surface area (Å²) in [6.45, 7) is -0.573. The predicted octanol–water partition coefficient (Wildman–Crippen LogP) is 1.61. The molecule has 0 saturated heterocycles. The molecule has 1 aromatic carbocycles. The Morgan fingerprint density at radius 3 is 2.53 bits per heavy atom. The number of carboxylic acid groups (broad SMARTS) is 2. The molecule has 5 nitrogen and oxygen atoms in total. The van der Waals surface area contributed by atoms with E-state index in [1.54, 1.807) is 0 Å². The number of ether oxygens (including phenoxy) is 1. The van der Waals surface area contributed by atoms with Crippen molar-refractivity contribution in [2.24, 2.45) is 0 Å². The van der Waals surface area contributed by atoms with E-state index in [2.05, 4.69) is 15.9 Å². The molecule has 0 radical (unpaired) electrons. The van der Waals surface area contributed by atoms with E-state index in [1.165, 1.54) is 18.2 Å². The molecule has 1 aromatic rings. The quantitative estimate of drug-likeness (QED) is 0.872. The van der Waals surface area contributed by atoms with E-state index >= 15 is 0 Å². The number of rotatable bonds is 4. The normalized spacial score (nSPS) is 9.67. The first-order chi connectivity index (χ1) is 7.00. The van der Waals surface area contributed by atoms with Crippen molar-refractivity contribution in [2.75, 3.05) is 6.61 Å². The van der Waals surface area contributed by atoms with Gasteiger partial charge in [-0.1, -0.05) is 15.9 Å². The largest absolute Gasteiger partial charge is 0.481 e. The van der Waals surface area contributed by atoms with Crippen LogP contribution in [-0.4, -0.2) is 28.8 Å². The fourth-order valence-electron chi connectivity index (χ4n) is 0.932. The topological polar surface area (TPSA) is 83.8 Å². The molecule has 0 heterocycles. The van der Waals surface area contributed by atoms with Crippen LogP contribution in [0.4, 0.5) is 0 Å². The zero-order valence-electron chi connectivity index (χ0n) is 7.44. The minimum atomic E-state index is -1.16. The Labute approximate surface area is 93.4 Å². The number of carbonyl (C=O) groups is 2. The average molecular weight is 275 g/mol.